The predicted molar refractivity (Wildman–Crippen MR) is 94.0 cm³/mol. The van der Waals surface area contributed by atoms with Crippen molar-refractivity contribution in [3.63, 3.8) is 0 Å². The van der Waals surface area contributed by atoms with E-state index in [1.165, 1.54) is 4.90 Å². The number of imide groups is 1. The van der Waals surface area contributed by atoms with Gasteiger partial charge in [0.1, 0.15) is 11.5 Å². The van der Waals surface area contributed by atoms with Crippen molar-refractivity contribution in [2.45, 2.75) is 18.3 Å². The van der Waals surface area contributed by atoms with Crippen LogP contribution in [0.4, 0.5) is 5.69 Å². The predicted octanol–water partition coefficient (Wildman–Crippen LogP) is 2.65. The number of nitrogens with zero attached hydrogens (tertiary/aromatic N) is 1. The van der Waals surface area contributed by atoms with Crippen LogP contribution in [0.2, 0.25) is 0 Å². The van der Waals surface area contributed by atoms with Crippen molar-refractivity contribution in [3.8, 4) is 5.75 Å². The highest BCUT2D eigenvalue weighted by molar-refractivity contribution is 6.24. The lowest BCUT2D eigenvalue weighted by Gasteiger charge is -2.43. The van der Waals surface area contributed by atoms with Crippen molar-refractivity contribution < 1.29 is 19.1 Å². The Balaban J connectivity index is 1.61. The zero-order valence-corrected chi connectivity index (χ0v) is 14.2. The van der Waals surface area contributed by atoms with Gasteiger partial charge >= 0.3 is 0 Å². The summed E-state index contributed by atoms with van der Waals surface area (Å²) in [5.74, 6) is -1.44. The third-order valence-electron chi connectivity index (χ3n) is 6.02. The molecular formula is C21H17NO4. The van der Waals surface area contributed by atoms with Gasteiger partial charge in [0, 0.05) is 12.3 Å². The molecule has 6 rings (SSSR count). The summed E-state index contributed by atoms with van der Waals surface area (Å²) in [6.45, 7) is 0. The highest BCUT2D eigenvalue weighted by atomic mass is 16.5. The average Bonchev–Trinajstić information content (AvgIpc) is 2.94. The number of ketones is 1. The first-order chi connectivity index (χ1) is 12.6. The van der Waals surface area contributed by atoms with Crippen LogP contribution in [0, 0.1) is 11.8 Å². The molecule has 3 aliphatic carbocycles. The molecular weight excluding hydrogens is 330 g/mol. The van der Waals surface area contributed by atoms with Crippen LogP contribution in [-0.4, -0.2) is 24.7 Å². The summed E-state index contributed by atoms with van der Waals surface area (Å²) in [5.41, 5.74) is 2.51. The van der Waals surface area contributed by atoms with E-state index in [1.807, 2.05) is 24.3 Å². The van der Waals surface area contributed by atoms with Gasteiger partial charge in [0.15, 0.2) is 0 Å². The van der Waals surface area contributed by atoms with Gasteiger partial charge in [0.05, 0.1) is 30.6 Å². The Labute approximate surface area is 150 Å². The van der Waals surface area contributed by atoms with Crippen LogP contribution in [-0.2, 0) is 14.4 Å². The molecule has 26 heavy (non-hydrogen) atoms. The zero-order chi connectivity index (χ0) is 18.0. The minimum Gasteiger partial charge on any atom is -0.497 e. The Morgan fingerprint density at radius 2 is 1.54 bits per heavy atom. The minimum atomic E-state index is -0.578. The lowest BCUT2D eigenvalue weighted by Crippen LogP contribution is -2.44. The number of benzene rings is 2. The van der Waals surface area contributed by atoms with E-state index in [9.17, 15) is 14.4 Å². The van der Waals surface area contributed by atoms with Crippen LogP contribution in [0.5, 0.6) is 5.75 Å². The molecule has 0 spiro atoms. The number of hydrogen-bond acceptors (Lipinski definition) is 4. The second-order valence-corrected chi connectivity index (χ2v) is 7.14. The Morgan fingerprint density at radius 3 is 2.23 bits per heavy atom. The molecule has 0 unspecified atom stereocenters. The number of carbonyl (C=O) groups excluding carboxylic acids is 3. The summed E-state index contributed by atoms with van der Waals surface area (Å²) < 4.78 is 5.15. The molecule has 2 aromatic carbocycles. The van der Waals surface area contributed by atoms with Crippen molar-refractivity contribution in [2.75, 3.05) is 12.0 Å². The number of anilines is 1. The molecule has 5 nitrogen and oxygen atoms in total. The zero-order valence-electron chi connectivity index (χ0n) is 14.2. The monoisotopic (exact) mass is 347 g/mol. The fourth-order valence-electron chi connectivity index (χ4n) is 4.95. The van der Waals surface area contributed by atoms with Crippen LogP contribution in [0.3, 0.4) is 0 Å². The Bertz CT molecular complexity index is 949. The number of ether oxygens (including phenoxy) is 1. The first-order valence-electron chi connectivity index (χ1n) is 8.75. The van der Waals surface area contributed by atoms with Gasteiger partial charge in [0.2, 0.25) is 11.8 Å². The first kappa shape index (κ1) is 15.3. The van der Waals surface area contributed by atoms with Crippen molar-refractivity contribution in [3.05, 3.63) is 59.7 Å². The largest absolute Gasteiger partial charge is 0.497 e. The number of amides is 2. The summed E-state index contributed by atoms with van der Waals surface area (Å²) in [6, 6.07) is 14.6. The Kier molecular flexibility index (Phi) is 3.11. The SMILES string of the molecule is COc1ccc(N2C(=O)[C@@H]3[C@@H](C2=O)[C@H]2C(=O)C[C@H]3c3ccccc32)cc1. The molecule has 0 N–H and O–H groups in total. The van der Waals surface area contributed by atoms with Gasteiger partial charge in [-0.3, -0.25) is 19.3 Å². The van der Waals surface area contributed by atoms with Crippen molar-refractivity contribution in [2.24, 2.45) is 11.8 Å². The number of hydrogen-bond donors (Lipinski definition) is 0. The maximum atomic E-state index is 13.2. The number of Topliss-reactive ketones (excluding diaryl/α,β-unsaturated/α-hetero) is 1. The van der Waals surface area contributed by atoms with Gasteiger partial charge in [-0.25, -0.2) is 0 Å². The van der Waals surface area contributed by atoms with Gasteiger partial charge in [-0.2, -0.15) is 0 Å². The molecule has 1 aliphatic heterocycles. The average molecular weight is 347 g/mol. The third-order valence-corrected chi connectivity index (χ3v) is 6.02. The molecule has 130 valence electrons. The van der Waals surface area contributed by atoms with E-state index in [1.54, 1.807) is 31.4 Å². The van der Waals surface area contributed by atoms with Crippen molar-refractivity contribution >= 4 is 23.3 Å². The molecule has 2 fully saturated rings. The summed E-state index contributed by atoms with van der Waals surface area (Å²) in [6.07, 6.45) is 0.346. The fourth-order valence-corrected chi connectivity index (χ4v) is 4.95. The van der Waals surface area contributed by atoms with Gasteiger partial charge < -0.3 is 4.74 Å². The second-order valence-electron chi connectivity index (χ2n) is 7.14. The molecule has 5 heteroatoms. The molecule has 2 aromatic rings. The van der Waals surface area contributed by atoms with Gasteiger partial charge in [-0.15, -0.1) is 0 Å². The van der Waals surface area contributed by atoms with Gasteiger partial charge in [-0.1, -0.05) is 24.3 Å². The molecule has 1 saturated carbocycles. The molecule has 0 aromatic heterocycles. The van der Waals surface area contributed by atoms with E-state index in [0.717, 1.165) is 11.1 Å². The maximum Gasteiger partial charge on any atom is 0.238 e. The summed E-state index contributed by atoms with van der Waals surface area (Å²) in [4.78, 5) is 40.3. The van der Waals surface area contributed by atoms with E-state index in [2.05, 4.69) is 0 Å². The molecule has 4 aliphatic rings. The molecule has 4 atom stereocenters. The first-order valence-corrected chi connectivity index (χ1v) is 8.75. The molecule has 1 heterocycles. The summed E-state index contributed by atoms with van der Waals surface area (Å²) >= 11 is 0. The molecule has 1 saturated heterocycles. The molecule has 2 amide bonds. The highest BCUT2D eigenvalue weighted by Crippen LogP contribution is 2.57. The van der Waals surface area contributed by atoms with Crippen LogP contribution in [0.1, 0.15) is 29.4 Å². The Hall–Kier alpha value is -2.95. The second kappa shape index (κ2) is 5.27. The smallest absolute Gasteiger partial charge is 0.238 e. The van der Waals surface area contributed by atoms with Gasteiger partial charge in [0.25, 0.3) is 0 Å². The van der Waals surface area contributed by atoms with E-state index in [0.29, 0.717) is 17.9 Å². The van der Waals surface area contributed by atoms with Crippen LogP contribution >= 0.6 is 0 Å². The van der Waals surface area contributed by atoms with Crippen LogP contribution in [0.25, 0.3) is 0 Å². The van der Waals surface area contributed by atoms with E-state index < -0.39 is 17.8 Å². The maximum absolute atomic E-state index is 13.2. The van der Waals surface area contributed by atoms with Crippen LogP contribution in [0.15, 0.2) is 48.5 Å². The molecule has 2 bridgehead atoms. The van der Waals surface area contributed by atoms with E-state index in [-0.39, 0.29) is 23.5 Å². The van der Waals surface area contributed by atoms with Crippen molar-refractivity contribution in [1.29, 1.82) is 0 Å². The highest BCUT2D eigenvalue weighted by Gasteiger charge is 2.62. The summed E-state index contributed by atoms with van der Waals surface area (Å²) in [7, 11) is 1.57. The topological polar surface area (TPSA) is 63.7 Å². The van der Waals surface area contributed by atoms with Crippen molar-refractivity contribution in [1.82, 2.24) is 0 Å². The lowest BCUT2D eigenvalue weighted by molar-refractivity contribution is -0.134. The standard InChI is InChI=1S/C21H17NO4/c1-26-12-8-6-11(7-9-12)22-20(24)18-15-10-16(23)17(19(18)21(22)25)14-5-3-2-4-13(14)15/h2-9,15,17-19H,10H2,1H3/t15-,17+,18-,19-/m0/s1. The van der Waals surface area contributed by atoms with E-state index >= 15 is 0 Å². The number of methoxy groups -OCH3 is 1. The van der Waals surface area contributed by atoms with Crippen LogP contribution < -0.4 is 9.64 Å². The number of rotatable bonds is 2. The number of carbonyl (C=O) groups is 3. The van der Waals surface area contributed by atoms with Gasteiger partial charge in [-0.05, 0) is 35.4 Å². The quantitative estimate of drug-likeness (QED) is 0.784. The number of fused-ring (bicyclic) bond motifs is 1. The summed E-state index contributed by atoms with van der Waals surface area (Å²) in [5, 5.41) is 0. The molecule has 0 radical (unpaired) electrons. The Morgan fingerprint density at radius 1 is 0.885 bits per heavy atom. The fraction of sp³-hybridized carbons (Fsp3) is 0.286. The van der Waals surface area contributed by atoms with E-state index in [4.69, 9.17) is 4.74 Å². The normalized spacial score (nSPS) is 29.0. The third kappa shape index (κ3) is 1.83. The lowest BCUT2D eigenvalue weighted by atomic mass is 9.56. The minimum absolute atomic E-state index is 0.0766.